The average molecular weight is 392 g/mol. The first-order valence-electron chi connectivity index (χ1n) is 7.15. The molecule has 2 aliphatic rings. The largest absolute Gasteiger partial charge is 0.480 e. The molecule has 0 saturated heterocycles. The number of carbonyl (C=O) groups is 3. The minimum atomic E-state index is -2.72. The van der Waals surface area contributed by atoms with Crippen LogP contribution in [0.15, 0.2) is 18.2 Å². The van der Waals surface area contributed by atoms with Gasteiger partial charge in [0.25, 0.3) is 0 Å². The van der Waals surface area contributed by atoms with Crippen LogP contribution in [0.1, 0.15) is 16.8 Å². The summed E-state index contributed by atoms with van der Waals surface area (Å²) in [7, 11) is 0. The van der Waals surface area contributed by atoms with Crippen LogP contribution in [0.4, 0.5) is 4.39 Å². The second-order valence-electron chi connectivity index (χ2n) is 6.15. The zero-order valence-electron chi connectivity index (χ0n) is 12.4. The van der Waals surface area contributed by atoms with Crippen molar-refractivity contribution in [1.29, 1.82) is 0 Å². The van der Waals surface area contributed by atoms with Crippen LogP contribution >= 0.6 is 23.2 Å². The Balaban J connectivity index is 1.84. The van der Waals surface area contributed by atoms with Crippen molar-refractivity contribution in [2.75, 3.05) is 0 Å². The highest BCUT2D eigenvalue weighted by Crippen LogP contribution is 2.67. The number of esters is 1. The SMILES string of the molecule is NC1(C(=O)O)C(OC(=O)c2ccc(Cl)c(Cl)c2)CC2C1C2(F)C(=O)O. The van der Waals surface area contributed by atoms with Crippen molar-refractivity contribution >= 4 is 41.1 Å². The molecule has 7 nitrogen and oxygen atoms in total. The average Bonchev–Trinajstić information content (AvgIpc) is 3.01. The third-order valence-electron chi connectivity index (χ3n) is 4.90. The maximum Gasteiger partial charge on any atom is 0.342 e. The number of nitrogens with two attached hydrogens (primary N) is 1. The van der Waals surface area contributed by atoms with E-state index in [1.54, 1.807) is 0 Å². The number of benzene rings is 1. The molecule has 1 aromatic rings. The molecular formula is C15H12Cl2FNO6. The first kappa shape index (κ1) is 17.9. The summed E-state index contributed by atoms with van der Waals surface area (Å²) in [6, 6.07) is 3.91. The third-order valence-corrected chi connectivity index (χ3v) is 5.64. The van der Waals surface area contributed by atoms with Gasteiger partial charge in [0.1, 0.15) is 6.10 Å². The van der Waals surface area contributed by atoms with Gasteiger partial charge in [0, 0.05) is 11.8 Å². The number of carbonyl (C=O) groups excluding carboxylic acids is 1. The van der Waals surface area contributed by atoms with Crippen molar-refractivity contribution in [1.82, 2.24) is 0 Å². The lowest BCUT2D eigenvalue weighted by atomic mass is 9.88. The molecule has 0 aromatic heterocycles. The Morgan fingerprint density at radius 3 is 2.36 bits per heavy atom. The Kier molecular flexibility index (Phi) is 3.98. The molecule has 134 valence electrons. The second-order valence-corrected chi connectivity index (χ2v) is 6.97. The van der Waals surface area contributed by atoms with Crippen LogP contribution in [0.2, 0.25) is 10.0 Å². The first-order chi connectivity index (χ1) is 11.5. The van der Waals surface area contributed by atoms with E-state index in [2.05, 4.69) is 0 Å². The minimum absolute atomic E-state index is 0.00691. The fourth-order valence-electron chi connectivity index (χ4n) is 3.57. The van der Waals surface area contributed by atoms with E-state index in [1.807, 2.05) is 0 Å². The topological polar surface area (TPSA) is 127 Å². The van der Waals surface area contributed by atoms with E-state index in [-0.39, 0.29) is 22.0 Å². The standard InChI is InChI=1S/C15H12Cl2FNO6/c16-7-2-1-5(3-8(7)17)11(20)25-9-4-6-10(14(6,18)12(21)22)15(9,19)13(23)24/h1-3,6,9-10H,4,19H2,(H,21,22)(H,23,24). The highest BCUT2D eigenvalue weighted by Gasteiger charge is 2.85. The molecule has 0 amide bonds. The van der Waals surface area contributed by atoms with Crippen molar-refractivity contribution < 1.29 is 33.7 Å². The van der Waals surface area contributed by atoms with Crippen molar-refractivity contribution in [3.05, 3.63) is 33.8 Å². The van der Waals surface area contributed by atoms with Gasteiger partial charge in [0.15, 0.2) is 5.54 Å². The first-order valence-corrected chi connectivity index (χ1v) is 7.90. The van der Waals surface area contributed by atoms with Gasteiger partial charge in [0.05, 0.1) is 15.6 Å². The number of carboxylic acids is 2. The number of aliphatic carboxylic acids is 2. The fraction of sp³-hybridized carbons (Fsp3) is 0.400. The lowest BCUT2D eigenvalue weighted by molar-refractivity contribution is -0.153. The van der Waals surface area contributed by atoms with E-state index < -0.39 is 47.1 Å². The lowest BCUT2D eigenvalue weighted by Crippen LogP contribution is -2.60. The van der Waals surface area contributed by atoms with Crippen molar-refractivity contribution in [2.45, 2.75) is 23.7 Å². The monoisotopic (exact) mass is 391 g/mol. The summed E-state index contributed by atoms with van der Waals surface area (Å²) in [4.78, 5) is 34.9. The zero-order valence-corrected chi connectivity index (χ0v) is 13.9. The maximum absolute atomic E-state index is 14.4. The molecule has 0 aliphatic heterocycles. The van der Waals surface area contributed by atoms with E-state index in [9.17, 15) is 23.9 Å². The van der Waals surface area contributed by atoms with E-state index >= 15 is 0 Å². The van der Waals surface area contributed by atoms with Gasteiger partial charge in [-0.1, -0.05) is 23.2 Å². The minimum Gasteiger partial charge on any atom is -0.480 e. The zero-order chi connectivity index (χ0) is 18.7. The summed E-state index contributed by atoms with van der Waals surface area (Å²) >= 11 is 11.6. The van der Waals surface area contributed by atoms with Gasteiger partial charge >= 0.3 is 17.9 Å². The molecule has 5 unspecified atom stereocenters. The molecule has 2 saturated carbocycles. The van der Waals surface area contributed by atoms with E-state index in [0.29, 0.717) is 0 Å². The molecule has 2 aliphatic carbocycles. The predicted molar refractivity (Wildman–Crippen MR) is 83.3 cm³/mol. The highest BCUT2D eigenvalue weighted by molar-refractivity contribution is 6.42. The quantitative estimate of drug-likeness (QED) is 0.666. The molecule has 2 fully saturated rings. The molecule has 10 heteroatoms. The van der Waals surface area contributed by atoms with Crippen molar-refractivity contribution in [2.24, 2.45) is 17.6 Å². The van der Waals surface area contributed by atoms with Gasteiger partial charge in [-0.05, 0) is 24.6 Å². The number of hydrogen-bond acceptors (Lipinski definition) is 5. The molecule has 0 heterocycles. The number of rotatable bonds is 4. The van der Waals surface area contributed by atoms with E-state index in [4.69, 9.17) is 38.8 Å². The van der Waals surface area contributed by atoms with Gasteiger partial charge in [0.2, 0.25) is 5.67 Å². The summed E-state index contributed by atoms with van der Waals surface area (Å²) in [5.41, 5.74) is 0.752. The smallest absolute Gasteiger partial charge is 0.342 e. The summed E-state index contributed by atoms with van der Waals surface area (Å²) in [6.07, 6.45) is -1.67. The van der Waals surface area contributed by atoms with Gasteiger partial charge < -0.3 is 20.7 Å². The van der Waals surface area contributed by atoms with Crippen molar-refractivity contribution in [3.63, 3.8) is 0 Å². The molecule has 5 atom stereocenters. The Labute approximate surface area is 150 Å². The summed E-state index contributed by atoms with van der Waals surface area (Å²) in [5, 5.41) is 18.7. The van der Waals surface area contributed by atoms with Gasteiger partial charge in [-0.15, -0.1) is 0 Å². The number of fused-ring (bicyclic) bond motifs is 1. The normalized spacial score (nSPS) is 35.8. The van der Waals surface area contributed by atoms with Crippen LogP contribution in [0.5, 0.6) is 0 Å². The van der Waals surface area contributed by atoms with Crippen LogP contribution in [0.3, 0.4) is 0 Å². The molecule has 4 N–H and O–H groups in total. The Bertz CT molecular complexity index is 804. The molecule has 0 spiro atoms. The maximum atomic E-state index is 14.4. The van der Waals surface area contributed by atoms with Gasteiger partial charge in [-0.3, -0.25) is 4.79 Å². The van der Waals surface area contributed by atoms with Crippen LogP contribution in [-0.4, -0.2) is 45.4 Å². The van der Waals surface area contributed by atoms with Gasteiger partial charge in [-0.25, -0.2) is 14.0 Å². The molecule has 0 radical (unpaired) electrons. The predicted octanol–water partition coefficient (Wildman–Crippen LogP) is 1.74. The number of carboxylic acid groups (broad SMARTS) is 2. The summed E-state index contributed by atoms with van der Waals surface area (Å²) in [6.45, 7) is 0. The van der Waals surface area contributed by atoms with E-state index in [0.717, 1.165) is 0 Å². The number of ether oxygens (including phenoxy) is 1. The number of alkyl halides is 1. The highest BCUT2D eigenvalue weighted by atomic mass is 35.5. The molecule has 0 bridgehead atoms. The molecule has 3 rings (SSSR count). The molecule has 1 aromatic carbocycles. The lowest BCUT2D eigenvalue weighted by Gasteiger charge is -2.31. The van der Waals surface area contributed by atoms with Gasteiger partial charge in [-0.2, -0.15) is 0 Å². The fourth-order valence-corrected chi connectivity index (χ4v) is 3.87. The summed E-state index contributed by atoms with van der Waals surface area (Å²) in [5.74, 6) is -6.92. The molecular weight excluding hydrogens is 380 g/mol. The van der Waals surface area contributed by atoms with Crippen LogP contribution in [0, 0.1) is 11.8 Å². The van der Waals surface area contributed by atoms with E-state index in [1.165, 1.54) is 18.2 Å². The summed E-state index contributed by atoms with van der Waals surface area (Å²) < 4.78 is 19.5. The Hall–Kier alpha value is -1.90. The third kappa shape index (κ3) is 2.39. The van der Waals surface area contributed by atoms with Crippen LogP contribution in [-0.2, 0) is 14.3 Å². The Morgan fingerprint density at radius 1 is 1.20 bits per heavy atom. The Morgan fingerprint density at radius 2 is 1.84 bits per heavy atom. The second kappa shape index (κ2) is 5.55. The van der Waals surface area contributed by atoms with Crippen molar-refractivity contribution in [3.8, 4) is 0 Å². The van der Waals surface area contributed by atoms with Crippen LogP contribution < -0.4 is 5.73 Å². The number of hydrogen-bond donors (Lipinski definition) is 3. The van der Waals surface area contributed by atoms with Crippen LogP contribution in [0.25, 0.3) is 0 Å². The number of halogens is 3. The molecule has 25 heavy (non-hydrogen) atoms.